The largest absolute Gasteiger partial charge is 0.219 e. The number of halogens is 2. The Balaban J connectivity index is 2.03. The second kappa shape index (κ2) is 8.42. The lowest BCUT2D eigenvalue weighted by molar-refractivity contribution is 0.603. The van der Waals surface area contributed by atoms with Gasteiger partial charge in [-0.3, -0.25) is 0 Å². The maximum Gasteiger partial charge on any atom is 0.200 e. The van der Waals surface area contributed by atoms with Gasteiger partial charge < -0.3 is 0 Å². The Bertz CT molecular complexity index is 909. The van der Waals surface area contributed by atoms with E-state index in [9.17, 15) is 16.8 Å². The zero-order chi connectivity index (χ0) is 18.5. The molecular formula is C16H12Cl2O4S3. The molecule has 25 heavy (non-hydrogen) atoms. The van der Waals surface area contributed by atoms with Crippen molar-refractivity contribution in [2.45, 2.75) is 9.79 Å². The minimum atomic E-state index is -3.61. The van der Waals surface area contributed by atoms with E-state index in [-0.39, 0.29) is 9.79 Å². The third-order valence-corrected chi connectivity index (χ3v) is 7.19. The molecule has 0 aromatic heterocycles. The van der Waals surface area contributed by atoms with Crippen molar-refractivity contribution >= 4 is 54.6 Å². The molecule has 0 aliphatic heterocycles. The third kappa shape index (κ3) is 5.90. The van der Waals surface area contributed by atoms with Crippen molar-refractivity contribution in [1.82, 2.24) is 0 Å². The van der Waals surface area contributed by atoms with Gasteiger partial charge in [0.05, 0.1) is 9.79 Å². The molecule has 132 valence electrons. The number of hydrogen-bond donors (Lipinski definition) is 0. The SMILES string of the molecule is O=S(=O)(/C=C/S/C=C/S(=O)(=O)c1ccc(Cl)cc1)c1ccc(Cl)cc1. The van der Waals surface area contributed by atoms with E-state index in [0.29, 0.717) is 10.0 Å². The van der Waals surface area contributed by atoms with Crippen LogP contribution < -0.4 is 0 Å². The number of thioether (sulfide) groups is 1. The first kappa shape index (κ1) is 20.1. The predicted octanol–water partition coefficient (Wildman–Crippen LogP) is 4.92. The van der Waals surface area contributed by atoms with Crippen molar-refractivity contribution in [2.24, 2.45) is 0 Å². The second-order valence-electron chi connectivity index (χ2n) is 4.68. The van der Waals surface area contributed by atoms with Crippen molar-refractivity contribution in [3.63, 3.8) is 0 Å². The molecule has 0 heterocycles. The standard InChI is InChI=1S/C16H12Cl2O4S3/c17-13-1-5-15(6-2-13)24(19,20)11-9-23-10-12-25(21,22)16-7-3-14(18)4-8-16/h1-12H/b11-9+,12-10+. The fourth-order valence-electron chi connectivity index (χ4n) is 1.66. The molecule has 0 saturated heterocycles. The smallest absolute Gasteiger partial charge is 0.200 e. The normalized spacial score (nSPS) is 12.9. The maximum atomic E-state index is 12.1. The summed E-state index contributed by atoms with van der Waals surface area (Å²) in [4.78, 5) is 0.207. The summed E-state index contributed by atoms with van der Waals surface area (Å²) in [5.74, 6) is 0. The lowest BCUT2D eigenvalue weighted by Gasteiger charge is -1.99. The highest BCUT2D eigenvalue weighted by molar-refractivity contribution is 8.06. The van der Waals surface area contributed by atoms with Crippen molar-refractivity contribution in [2.75, 3.05) is 0 Å². The van der Waals surface area contributed by atoms with E-state index in [0.717, 1.165) is 22.6 Å². The highest BCUT2D eigenvalue weighted by Crippen LogP contribution is 2.20. The molecule has 0 atom stereocenters. The molecule has 0 N–H and O–H groups in total. The molecule has 0 aliphatic rings. The van der Waals surface area contributed by atoms with Crippen molar-refractivity contribution in [1.29, 1.82) is 0 Å². The van der Waals surface area contributed by atoms with Gasteiger partial charge >= 0.3 is 0 Å². The minimum absolute atomic E-state index is 0.103. The second-order valence-corrected chi connectivity index (χ2v) is 10.0. The van der Waals surface area contributed by atoms with Crippen LogP contribution in [0.1, 0.15) is 0 Å². The Morgan fingerprint density at radius 3 is 1.28 bits per heavy atom. The van der Waals surface area contributed by atoms with Crippen LogP contribution in [0.25, 0.3) is 0 Å². The van der Waals surface area contributed by atoms with E-state index in [4.69, 9.17) is 23.2 Å². The van der Waals surface area contributed by atoms with Gasteiger partial charge in [-0.15, -0.1) is 11.8 Å². The fourth-order valence-corrected chi connectivity index (χ4v) is 5.03. The molecule has 0 radical (unpaired) electrons. The summed E-state index contributed by atoms with van der Waals surface area (Å²) in [6.45, 7) is 0. The van der Waals surface area contributed by atoms with Crippen LogP contribution >= 0.6 is 35.0 Å². The summed E-state index contributed by atoms with van der Waals surface area (Å²) in [6, 6.07) is 11.5. The van der Waals surface area contributed by atoms with Crippen LogP contribution in [0.2, 0.25) is 10.0 Å². The third-order valence-electron chi connectivity index (χ3n) is 2.91. The van der Waals surface area contributed by atoms with Gasteiger partial charge in [0.1, 0.15) is 0 Å². The zero-order valence-corrected chi connectivity index (χ0v) is 16.5. The van der Waals surface area contributed by atoms with Gasteiger partial charge in [-0.25, -0.2) is 16.8 Å². The van der Waals surface area contributed by atoms with Crippen LogP contribution in [-0.4, -0.2) is 16.8 Å². The average molecular weight is 435 g/mol. The molecular weight excluding hydrogens is 423 g/mol. The lowest BCUT2D eigenvalue weighted by Crippen LogP contribution is -1.95. The number of hydrogen-bond acceptors (Lipinski definition) is 5. The van der Waals surface area contributed by atoms with Crippen LogP contribution in [0.4, 0.5) is 0 Å². The number of rotatable bonds is 6. The summed E-state index contributed by atoms with van der Waals surface area (Å²) < 4.78 is 48.2. The van der Waals surface area contributed by atoms with Crippen LogP contribution in [0.15, 0.2) is 80.0 Å². The van der Waals surface area contributed by atoms with Crippen LogP contribution in [0.5, 0.6) is 0 Å². The van der Waals surface area contributed by atoms with E-state index in [2.05, 4.69) is 0 Å². The summed E-state index contributed by atoms with van der Waals surface area (Å²) in [5.41, 5.74) is 0. The molecule has 0 amide bonds. The topological polar surface area (TPSA) is 68.3 Å². The van der Waals surface area contributed by atoms with E-state index >= 15 is 0 Å². The van der Waals surface area contributed by atoms with Crippen molar-refractivity contribution in [3.05, 3.63) is 80.2 Å². The van der Waals surface area contributed by atoms with Gasteiger partial charge in [0.2, 0.25) is 0 Å². The van der Waals surface area contributed by atoms with Crippen LogP contribution in [-0.2, 0) is 19.7 Å². The Labute approximate surface area is 161 Å². The van der Waals surface area contributed by atoms with Gasteiger partial charge in [-0.2, -0.15) is 0 Å². The van der Waals surface area contributed by atoms with Crippen LogP contribution in [0.3, 0.4) is 0 Å². The van der Waals surface area contributed by atoms with E-state index in [1.165, 1.54) is 59.3 Å². The molecule has 0 spiro atoms. The van der Waals surface area contributed by atoms with Gasteiger partial charge in [-0.05, 0) is 59.3 Å². The molecule has 0 aliphatic carbocycles. The van der Waals surface area contributed by atoms with Gasteiger partial charge in [0.25, 0.3) is 0 Å². The van der Waals surface area contributed by atoms with Gasteiger partial charge in [0, 0.05) is 20.9 Å². The van der Waals surface area contributed by atoms with E-state index < -0.39 is 19.7 Å². The van der Waals surface area contributed by atoms with Crippen molar-refractivity contribution in [3.8, 4) is 0 Å². The minimum Gasteiger partial charge on any atom is -0.219 e. The van der Waals surface area contributed by atoms with E-state index in [1.807, 2.05) is 0 Å². The molecule has 2 rings (SSSR count). The summed E-state index contributed by atoms with van der Waals surface area (Å²) in [5, 5.41) is 5.45. The lowest BCUT2D eigenvalue weighted by atomic mass is 10.4. The first-order chi connectivity index (χ1) is 11.7. The number of benzene rings is 2. The molecule has 2 aromatic carbocycles. The Kier molecular flexibility index (Phi) is 6.76. The molecule has 0 bridgehead atoms. The van der Waals surface area contributed by atoms with Gasteiger partial charge in [-0.1, -0.05) is 23.2 Å². The predicted molar refractivity (Wildman–Crippen MR) is 103 cm³/mol. The Morgan fingerprint density at radius 1 is 0.640 bits per heavy atom. The first-order valence-corrected chi connectivity index (χ1v) is 11.5. The Hall–Kier alpha value is -1.25. The van der Waals surface area contributed by atoms with Gasteiger partial charge in [0.15, 0.2) is 19.7 Å². The van der Waals surface area contributed by atoms with Crippen molar-refractivity contribution < 1.29 is 16.8 Å². The first-order valence-electron chi connectivity index (χ1n) is 6.71. The summed E-state index contributed by atoms with van der Waals surface area (Å²) >= 11 is 12.4. The summed E-state index contributed by atoms with van der Waals surface area (Å²) in [7, 11) is -7.22. The van der Waals surface area contributed by atoms with Crippen LogP contribution in [0, 0.1) is 0 Å². The Morgan fingerprint density at radius 2 is 0.960 bits per heavy atom. The molecule has 2 aromatic rings. The molecule has 4 nitrogen and oxygen atoms in total. The quantitative estimate of drug-likeness (QED) is 0.645. The van der Waals surface area contributed by atoms with E-state index in [1.54, 1.807) is 0 Å². The number of sulfone groups is 2. The molecule has 0 saturated carbocycles. The highest BCUT2D eigenvalue weighted by atomic mass is 35.5. The maximum absolute atomic E-state index is 12.1. The molecule has 9 heteroatoms. The average Bonchev–Trinajstić information content (AvgIpc) is 2.55. The highest BCUT2D eigenvalue weighted by Gasteiger charge is 2.10. The fraction of sp³-hybridized carbons (Fsp3) is 0. The summed E-state index contributed by atoms with van der Waals surface area (Å²) in [6.07, 6.45) is 0. The molecule has 0 fully saturated rings. The zero-order valence-electron chi connectivity index (χ0n) is 12.5. The monoisotopic (exact) mass is 434 g/mol. The molecule has 0 unspecified atom stereocenters.